The molecule has 0 aliphatic carbocycles. The second-order valence-corrected chi connectivity index (χ2v) is 7.15. The average Bonchev–Trinajstić information content (AvgIpc) is 2.94. The molecule has 4 heteroatoms. The fourth-order valence-corrected chi connectivity index (χ4v) is 3.78. The lowest BCUT2D eigenvalue weighted by Gasteiger charge is -2.18. The number of thiophene rings is 1. The molecule has 0 saturated carbocycles. The molecule has 114 valence electrons. The van der Waals surface area contributed by atoms with E-state index in [0.717, 1.165) is 36.4 Å². The standard InChI is InChI=1S/C17H21Cl2NS/c1-3-9-20-16(17-8-7-14(4-2)21-17)10-12-5-6-13(18)11-15(12)19/h5-8,11,16,20H,3-4,9-10H2,1-2H3. The summed E-state index contributed by atoms with van der Waals surface area (Å²) in [7, 11) is 0. The fraction of sp³-hybridized carbons (Fsp3) is 0.412. The number of rotatable bonds is 7. The van der Waals surface area contributed by atoms with Crippen LogP contribution in [0.3, 0.4) is 0 Å². The van der Waals surface area contributed by atoms with Gasteiger partial charge >= 0.3 is 0 Å². The minimum Gasteiger partial charge on any atom is -0.309 e. The minimum absolute atomic E-state index is 0.314. The van der Waals surface area contributed by atoms with E-state index in [1.165, 1.54) is 9.75 Å². The molecule has 1 atom stereocenters. The SMILES string of the molecule is CCCNC(Cc1ccc(Cl)cc1Cl)c1ccc(CC)s1. The molecule has 1 N–H and O–H groups in total. The van der Waals surface area contributed by atoms with Crippen LogP contribution in [-0.2, 0) is 12.8 Å². The fourth-order valence-electron chi connectivity index (χ4n) is 2.27. The Balaban J connectivity index is 2.19. The van der Waals surface area contributed by atoms with E-state index in [9.17, 15) is 0 Å². The Hall–Kier alpha value is -0.540. The van der Waals surface area contributed by atoms with Gasteiger partial charge in [-0.15, -0.1) is 11.3 Å². The average molecular weight is 342 g/mol. The lowest BCUT2D eigenvalue weighted by atomic mass is 10.0. The second kappa shape index (κ2) is 8.19. The van der Waals surface area contributed by atoms with E-state index < -0.39 is 0 Å². The molecule has 0 aliphatic heterocycles. The number of hydrogen-bond acceptors (Lipinski definition) is 2. The Labute approximate surface area is 141 Å². The van der Waals surface area contributed by atoms with Crippen molar-refractivity contribution in [2.24, 2.45) is 0 Å². The number of nitrogens with one attached hydrogen (secondary N) is 1. The van der Waals surface area contributed by atoms with E-state index in [2.05, 4.69) is 31.3 Å². The highest BCUT2D eigenvalue weighted by Gasteiger charge is 2.15. The third-order valence-corrected chi connectivity index (χ3v) is 5.38. The van der Waals surface area contributed by atoms with Gasteiger partial charge in [-0.3, -0.25) is 0 Å². The number of benzene rings is 1. The summed E-state index contributed by atoms with van der Waals surface area (Å²) in [6.45, 7) is 5.39. The first kappa shape index (κ1) is 16.8. The van der Waals surface area contributed by atoms with Gasteiger partial charge in [0, 0.05) is 25.8 Å². The van der Waals surface area contributed by atoms with Crippen molar-refractivity contribution in [2.75, 3.05) is 6.54 Å². The van der Waals surface area contributed by atoms with Crippen LogP contribution in [-0.4, -0.2) is 6.54 Å². The first-order chi connectivity index (χ1) is 10.1. The molecule has 0 spiro atoms. The van der Waals surface area contributed by atoms with Crippen LogP contribution in [0.2, 0.25) is 10.0 Å². The zero-order valence-corrected chi connectivity index (χ0v) is 14.8. The molecule has 1 aromatic heterocycles. The lowest BCUT2D eigenvalue weighted by molar-refractivity contribution is 0.536. The van der Waals surface area contributed by atoms with E-state index in [-0.39, 0.29) is 0 Å². The summed E-state index contributed by atoms with van der Waals surface area (Å²) in [6, 6.07) is 10.5. The van der Waals surface area contributed by atoms with Crippen molar-refractivity contribution in [1.29, 1.82) is 0 Å². The smallest absolute Gasteiger partial charge is 0.0456 e. The molecular formula is C17H21Cl2NS. The molecule has 1 nitrogen and oxygen atoms in total. The van der Waals surface area contributed by atoms with Gasteiger partial charge in [0.2, 0.25) is 0 Å². The molecule has 0 saturated heterocycles. The normalized spacial score (nSPS) is 12.6. The van der Waals surface area contributed by atoms with Crippen LogP contribution in [0.1, 0.15) is 41.6 Å². The third kappa shape index (κ3) is 4.72. The van der Waals surface area contributed by atoms with Gasteiger partial charge < -0.3 is 5.32 Å². The number of halogens is 2. The Kier molecular flexibility index (Phi) is 6.56. The van der Waals surface area contributed by atoms with Crippen LogP contribution in [0.4, 0.5) is 0 Å². The quantitative estimate of drug-likeness (QED) is 0.660. The summed E-state index contributed by atoms with van der Waals surface area (Å²) in [5.41, 5.74) is 1.14. The van der Waals surface area contributed by atoms with Crippen LogP contribution < -0.4 is 5.32 Å². The van der Waals surface area contributed by atoms with Crippen molar-refractivity contribution < 1.29 is 0 Å². The molecule has 0 radical (unpaired) electrons. The van der Waals surface area contributed by atoms with Crippen LogP contribution >= 0.6 is 34.5 Å². The van der Waals surface area contributed by atoms with E-state index in [0.29, 0.717) is 11.1 Å². The Morgan fingerprint density at radius 1 is 1.14 bits per heavy atom. The van der Waals surface area contributed by atoms with Gasteiger partial charge in [-0.25, -0.2) is 0 Å². The molecule has 1 heterocycles. The minimum atomic E-state index is 0.314. The van der Waals surface area contributed by atoms with Crippen molar-refractivity contribution >= 4 is 34.5 Å². The van der Waals surface area contributed by atoms with Gasteiger partial charge in [-0.05, 0) is 55.6 Å². The number of hydrogen-bond donors (Lipinski definition) is 1. The summed E-state index contributed by atoms with van der Waals surface area (Å²) in [6.07, 6.45) is 3.10. The molecule has 0 amide bonds. The first-order valence-electron chi connectivity index (χ1n) is 7.40. The Bertz CT molecular complexity index is 580. The maximum Gasteiger partial charge on any atom is 0.0456 e. The van der Waals surface area contributed by atoms with Gasteiger partial charge in [0.25, 0.3) is 0 Å². The zero-order chi connectivity index (χ0) is 15.2. The highest BCUT2D eigenvalue weighted by atomic mass is 35.5. The van der Waals surface area contributed by atoms with E-state index in [1.54, 1.807) is 0 Å². The molecule has 21 heavy (non-hydrogen) atoms. The van der Waals surface area contributed by atoms with Crippen LogP contribution in [0.15, 0.2) is 30.3 Å². The molecule has 2 rings (SSSR count). The Morgan fingerprint density at radius 3 is 2.57 bits per heavy atom. The summed E-state index contributed by atoms with van der Waals surface area (Å²) >= 11 is 14.2. The van der Waals surface area contributed by atoms with Gasteiger partial charge in [-0.1, -0.05) is 43.1 Å². The highest BCUT2D eigenvalue weighted by molar-refractivity contribution is 7.12. The molecular weight excluding hydrogens is 321 g/mol. The summed E-state index contributed by atoms with van der Waals surface area (Å²) in [5.74, 6) is 0. The third-order valence-electron chi connectivity index (χ3n) is 3.45. The predicted octanol–water partition coefficient (Wildman–Crippen LogP) is 5.90. The van der Waals surface area contributed by atoms with Gasteiger partial charge in [0.05, 0.1) is 0 Å². The van der Waals surface area contributed by atoms with Crippen molar-refractivity contribution in [2.45, 2.75) is 39.2 Å². The Morgan fingerprint density at radius 2 is 1.95 bits per heavy atom. The lowest BCUT2D eigenvalue weighted by Crippen LogP contribution is -2.23. The van der Waals surface area contributed by atoms with Gasteiger partial charge in [0.1, 0.15) is 0 Å². The molecule has 1 aromatic carbocycles. The summed E-state index contributed by atoms with van der Waals surface area (Å²) in [5, 5.41) is 5.07. The van der Waals surface area contributed by atoms with Crippen LogP contribution in [0, 0.1) is 0 Å². The van der Waals surface area contributed by atoms with E-state index in [4.69, 9.17) is 23.2 Å². The highest BCUT2D eigenvalue weighted by Crippen LogP contribution is 2.30. The number of aryl methyl sites for hydroxylation is 1. The largest absolute Gasteiger partial charge is 0.309 e. The molecule has 1 unspecified atom stereocenters. The molecule has 2 aromatic rings. The second-order valence-electron chi connectivity index (χ2n) is 5.10. The topological polar surface area (TPSA) is 12.0 Å². The van der Waals surface area contributed by atoms with E-state index in [1.807, 2.05) is 29.5 Å². The van der Waals surface area contributed by atoms with Crippen molar-refractivity contribution in [1.82, 2.24) is 5.32 Å². The van der Waals surface area contributed by atoms with Gasteiger partial charge in [0.15, 0.2) is 0 Å². The summed E-state index contributed by atoms with van der Waals surface area (Å²) in [4.78, 5) is 2.81. The maximum atomic E-state index is 6.32. The van der Waals surface area contributed by atoms with Crippen molar-refractivity contribution in [3.63, 3.8) is 0 Å². The maximum absolute atomic E-state index is 6.32. The van der Waals surface area contributed by atoms with Crippen molar-refractivity contribution in [3.05, 3.63) is 55.7 Å². The predicted molar refractivity (Wildman–Crippen MR) is 94.9 cm³/mol. The molecule has 0 bridgehead atoms. The molecule has 0 aliphatic rings. The van der Waals surface area contributed by atoms with Crippen LogP contribution in [0.25, 0.3) is 0 Å². The first-order valence-corrected chi connectivity index (χ1v) is 8.97. The zero-order valence-electron chi connectivity index (χ0n) is 12.5. The summed E-state index contributed by atoms with van der Waals surface area (Å²) < 4.78 is 0. The van der Waals surface area contributed by atoms with E-state index >= 15 is 0 Å². The van der Waals surface area contributed by atoms with Gasteiger partial charge in [-0.2, -0.15) is 0 Å². The van der Waals surface area contributed by atoms with Crippen LogP contribution in [0.5, 0.6) is 0 Å². The molecule has 0 fully saturated rings. The van der Waals surface area contributed by atoms with Crippen molar-refractivity contribution in [3.8, 4) is 0 Å². The monoisotopic (exact) mass is 341 g/mol.